The van der Waals surface area contributed by atoms with E-state index < -0.39 is 41.6 Å². The molecule has 1 aromatic carbocycles. The van der Waals surface area contributed by atoms with Gasteiger partial charge < -0.3 is 24.4 Å². The molecule has 3 saturated heterocycles. The number of likely N-dealkylation sites (tertiary alicyclic amines) is 1. The van der Waals surface area contributed by atoms with Gasteiger partial charge in [-0.2, -0.15) is 0 Å². The number of hydrogen-bond acceptors (Lipinski definition) is 6. The number of aliphatic hydroxyl groups excluding tert-OH is 1. The van der Waals surface area contributed by atoms with Crippen LogP contribution in [-0.2, 0) is 23.9 Å². The minimum atomic E-state index is -1.16. The van der Waals surface area contributed by atoms with Crippen LogP contribution in [0.3, 0.4) is 0 Å². The number of nitrogens with zero attached hydrogens (tertiary/aromatic N) is 2. The highest BCUT2D eigenvalue weighted by Crippen LogP contribution is 2.59. The molecule has 224 valence electrons. The van der Waals surface area contributed by atoms with E-state index in [1.165, 1.54) is 0 Å². The molecule has 2 unspecified atom stereocenters. The van der Waals surface area contributed by atoms with Crippen LogP contribution in [0.25, 0.3) is 0 Å². The van der Waals surface area contributed by atoms with Crippen LogP contribution in [0.4, 0.5) is 5.69 Å². The number of aliphatic hydroxyl groups is 1. The first-order valence-corrected chi connectivity index (χ1v) is 15.0. The maximum Gasteiger partial charge on any atom is 0.312 e. The van der Waals surface area contributed by atoms with Crippen LogP contribution in [0.1, 0.15) is 63.5 Å². The number of anilines is 1. The average Bonchev–Trinajstić information content (AvgIpc) is 3.58. The Hall–Kier alpha value is -2.97. The Balaban J connectivity index is 1.74. The molecule has 8 heteroatoms. The number of allylic oxidation sites excluding steroid dienone is 1. The first-order valence-electron chi connectivity index (χ1n) is 15.0. The smallest absolute Gasteiger partial charge is 0.312 e. The normalized spacial score (nSPS) is 27.2. The van der Waals surface area contributed by atoms with E-state index in [1.807, 2.05) is 52.0 Å². The summed E-state index contributed by atoms with van der Waals surface area (Å²) >= 11 is 0. The van der Waals surface area contributed by atoms with E-state index in [9.17, 15) is 19.5 Å². The van der Waals surface area contributed by atoms with Gasteiger partial charge in [0.15, 0.2) is 0 Å². The number of unbranched alkanes of at least 4 members (excludes halogenated alkanes) is 2. The van der Waals surface area contributed by atoms with Crippen LogP contribution in [0.2, 0.25) is 0 Å². The minimum absolute atomic E-state index is 0.172. The molecule has 4 rings (SSSR count). The van der Waals surface area contributed by atoms with Crippen LogP contribution < -0.4 is 4.90 Å². The van der Waals surface area contributed by atoms with Gasteiger partial charge in [-0.25, -0.2) is 0 Å². The van der Waals surface area contributed by atoms with E-state index in [0.717, 1.165) is 29.7 Å². The topological polar surface area (TPSA) is 96.4 Å². The number of aryl methyl sites for hydroxylation is 2. The molecule has 0 radical (unpaired) electrons. The SMILES string of the molecule is C=CCCCCOC(=O)[C@@H]1[C@@H]2CCC3(O2)C(C(=O)N(CC=C)c2cc(C)ccc2C)N([C@@H](CO)CC(C)C)C(=O)[C@H]13. The average molecular weight is 567 g/mol. The molecule has 6 atom stereocenters. The third-order valence-corrected chi connectivity index (χ3v) is 8.87. The molecular weight excluding hydrogens is 520 g/mol. The molecule has 1 aromatic rings. The molecule has 3 aliphatic heterocycles. The van der Waals surface area contributed by atoms with Crippen molar-refractivity contribution < 1.29 is 29.0 Å². The standard InChI is InChI=1S/C33H46N2O6/c1-7-9-10-11-17-40-32(39)27-26-14-15-33(41-26)28(27)30(37)35(24(20-36)18-21(3)4)29(33)31(38)34(16-8-2)25-19-22(5)12-13-23(25)6/h7-8,12-13,19,21,24,26-29,36H,1-2,9-11,14-18,20H2,3-6H3/t24-,26+,27-,28+,29?,33?/m1/s1. The predicted molar refractivity (Wildman–Crippen MR) is 158 cm³/mol. The maximum absolute atomic E-state index is 14.7. The molecule has 0 saturated carbocycles. The zero-order chi connectivity index (χ0) is 29.9. The largest absolute Gasteiger partial charge is 0.465 e. The number of ether oxygens (including phenoxy) is 2. The second-order valence-corrected chi connectivity index (χ2v) is 12.2. The number of carbonyl (C=O) groups is 3. The highest BCUT2D eigenvalue weighted by molar-refractivity contribution is 6.05. The van der Waals surface area contributed by atoms with E-state index in [1.54, 1.807) is 15.9 Å². The van der Waals surface area contributed by atoms with Crippen molar-refractivity contribution in [3.63, 3.8) is 0 Å². The van der Waals surface area contributed by atoms with E-state index in [4.69, 9.17) is 9.47 Å². The molecule has 3 heterocycles. The molecule has 1 spiro atoms. The van der Waals surface area contributed by atoms with Crippen molar-refractivity contribution in [2.75, 3.05) is 24.7 Å². The van der Waals surface area contributed by atoms with E-state index >= 15 is 0 Å². The van der Waals surface area contributed by atoms with E-state index in [0.29, 0.717) is 25.7 Å². The Morgan fingerprint density at radius 1 is 1.24 bits per heavy atom. The highest BCUT2D eigenvalue weighted by atomic mass is 16.6. The summed E-state index contributed by atoms with van der Waals surface area (Å²) in [6.07, 6.45) is 7.01. The lowest BCUT2D eigenvalue weighted by Crippen LogP contribution is -2.59. The van der Waals surface area contributed by atoms with Crippen LogP contribution in [-0.4, -0.2) is 71.3 Å². The van der Waals surface area contributed by atoms with Crippen molar-refractivity contribution in [2.24, 2.45) is 17.8 Å². The van der Waals surface area contributed by atoms with Crippen molar-refractivity contribution in [3.05, 3.63) is 54.6 Å². The number of esters is 1. The molecule has 0 aliphatic carbocycles. The fraction of sp³-hybridized carbons (Fsp3) is 0.606. The van der Waals surface area contributed by atoms with E-state index in [-0.39, 0.29) is 37.5 Å². The molecule has 3 fully saturated rings. The Bertz CT molecular complexity index is 1160. The van der Waals surface area contributed by atoms with Crippen molar-refractivity contribution in [1.82, 2.24) is 4.90 Å². The Labute approximate surface area is 244 Å². The van der Waals surface area contributed by atoms with Gasteiger partial charge in [0.2, 0.25) is 5.91 Å². The molecule has 3 aliphatic rings. The maximum atomic E-state index is 14.7. The molecule has 41 heavy (non-hydrogen) atoms. The van der Waals surface area contributed by atoms with Gasteiger partial charge in [-0.15, -0.1) is 13.2 Å². The number of amides is 2. The Morgan fingerprint density at radius 2 is 2.00 bits per heavy atom. The highest BCUT2D eigenvalue weighted by Gasteiger charge is 2.75. The molecule has 2 amide bonds. The number of carbonyl (C=O) groups excluding carboxylic acids is 3. The number of rotatable bonds is 14. The Morgan fingerprint density at radius 3 is 2.66 bits per heavy atom. The van der Waals surface area contributed by atoms with Crippen molar-refractivity contribution in [2.45, 2.75) is 90.0 Å². The summed E-state index contributed by atoms with van der Waals surface area (Å²) < 4.78 is 12.2. The van der Waals surface area contributed by atoms with Gasteiger partial charge >= 0.3 is 5.97 Å². The molecular formula is C33H46N2O6. The van der Waals surface area contributed by atoms with Gasteiger partial charge in [-0.05, 0) is 75.5 Å². The van der Waals surface area contributed by atoms with Gasteiger partial charge in [-0.3, -0.25) is 14.4 Å². The summed E-state index contributed by atoms with van der Waals surface area (Å²) in [7, 11) is 0. The predicted octanol–water partition coefficient (Wildman–Crippen LogP) is 4.50. The molecule has 0 aromatic heterocycles. The third kappa shape index (κ3) is 5.73. The van der Waals surface area contributed by atoms with Crippen LogP contribution in [0.5, 0.6) is 0 Å². The summed E-state index contributed by atoms with van der Waals surface area (Å²) in [4.78, 5) is 45.8. The lowest BCUT2D eigenvalue weighted by Gasteiger charge is -2.40. The second kappa shape index (κ2) is 12.9. The van der Waals surface area contributed by atoms with Crippen molar-refractivity contribution >= 4 is 23.5 Å². The summed E-state index contributed by atoms with van der Waals surface area (Å²) in [6.45, 7) is 15.8. The van der Waals surface area contributed by atoms with Crippen molar-refractivity contribution in [1.29, 1.82) is 0 Å². The quantitative estimate of drug-likeness (QED) is 0.202. The summed E-state index contributed by atoms with van der Waals surface area (Å²) in [5, 5.41) is 10.5. The van der Waals surface area contributed by atoms with E-state index in [2.05, 4.69) is 13.2 Å². The van der Waals surface area contributed by atoms with Gasteiger partial charge in [0.25, 0.3) is 5.91 Å². The second-order valence-electron chi connectivity index (χ2n) is 12.2. The first-order chi connectivity index (χ1) is 19.6. The zero-order valence-electron chi connectivity index (χ0n) is 25.0. The summed E-state index contributed by atoms with van der Waals surface area (Å²) in [6, 6.07) is 4.37. The van der Waals surface area contributed by atoms with Gasteiger partial charge in [0, 0.05) is 12.2 Å². The number of fused-ring (bicyclic) bond motifs is 1. The van der Waals surface area contributed by atoms with Crippen molar-refractivity contribution in [3.8, 4) is 0 Å². The van der Waals surface area contributed by atoms with Crippen LogP contribution >= 0.6 is 0 Å². The van der Waals surface area contributed by atoms with Gasteiger partial charge in [0.1, 0.15) is 11.6 Å². The molecule has 8 nitrogen and oxygen atoms in total. The number of benzene rings is 1. The van der Waals surface area contributed by atoms with Crippen LogP contribution in [0.15, 0.2) is 43.5 Å². The molecule has 2 bridgehead atoms. The number of hydrogen-bond donors (Lipinski definition) is 1. The lowest BCUT2D eigenvalue weighted by atomic mass is 9.70. The molecule has 1 N–H and O–H groups in total. The Kier molecular flexibility index (Phi) is 9.75. The lowest BCUT2D eigenvalue weighted by molar-refractivity contribution is -0.156. The third-order valence-electron chi connectivity index (χ3n) is 8.87. The van der Waals surface area contributed by atoms with Gasteiger partial charge in [-0.1, -0.05) is 38.1 Å². The fourth-order valence-corrected chi connectivity index (χ4v) is 7.11. The fourth-order valence-electron chi connectivity index (χ4n) is 7.11. The summed E-state index contributed by atoms with van der Waals surface area (Å²) in [5.74, 6) is -2.47. The van der Waals surface area contributed by atoms with Crippen LogP contribution in [0, 0.1) is 31.6 Å². The summed E-state index contributed by atoms with van der Waals surface area (Å²) in [5.41, 5.74) is 1.51. The zero-order valence-corrected chi connectivity index (χ0v) is 25.0. The van der Waals surface area contributed by atoms with Gasteiger partial charge in [0.05, 0.1) is 37.2 Å². The monoisotopic (exact) mass is 566 g/mol. The first kappa shape index (κ1) is 31.0. The minimum Gasteiger partial charge on any atom is -0.465 e.